The smallest absolute Gasteiger partial charge is 0.131 e. The van der Waals surface area contributed by atoms with E-state index in [4.69, 9.17) is 0 Å². The molecule has 112 valence electrons. The van der Waals surface area contributed by atoms with Crippen LogP contribution in [0.25, 0.3) is 0 Å². The van der Waals surface area contributed by atoms with Gasteiger partial charge in [-0.05, 0) is 48.7 Å². The Bertz CT molecular complexity index is 579. The molecule has 1 aromatic carbocycles. The van der Waals surface area contributed by atoms with Crippen molar-refractivity contribution in [3.05, 3.63) is 65.0 Å². The molecular formula is C17H20F2N2. The predicted molar refractivity (Wildman–Crippen MR) is 80.1 cm³/mol. The molecule has 0 amide bonds. The first-order valence-corrected chi connectivity index (χ1v) is 7.29. The van der Waals surface area contributed by atoms with Gasteiger partial charge in [-0.25, -0.2) is 8.78 Å². The van der Waals surface area contributed by atoms with Crippen LogP contribution in [-0.2, 0) is 6.42 Å². The van der Waals surface area contributed by atoms with E-state index in [1.54, 1.807) is 12.4 Å². The van der Waals surface area contributed by atoms with E-state index in [9.17, 15) is 8.78 Å². The highest BCUT2D eigenvalue weighted by atomic mass is 19.1. The van der Waals surface area contributed by atoms with Crippen LogP contribution in [0.1, 0.15) is 43.0 Å². The lowest BCUT2D eigenvalue weighted by Gasteiger charge is -2.22. The molecular weight excluding hydrogens is 270 g/mol. The lowest BCUT2D eigenvalue weighted by Crippen LogP contribution is -2.26. The van der Waals surface area contributed by atoms with Gasteiger partial charge in [-0.2, -0.15) is 0 Å². The molecule has 1 N–H and O–H groups in total. The number of hydrogen-bond donors (Lipinski definition) is 1. The summed E-state index contributed by atoms with van der Waals surface area (Å²) in [6, 6.07) is 5.32. The maximum absolute atomic E-state index is 14.2. The Morgan fingerprint density at radius 3 is 2.48 bits per heavy atom. The topological polar surface area (TPSA) is 24.9 Å². The van der Waals surface area contributed by atoms with Gasteiger partial charge in [0.15, 0.2) is 0 Å². The van der Waals surface area contributed by atoms with E-state index in [1.165, 1.54) is 18.2 Å². The average Bonchev–Trinajstić information content (AvgIpc) is 2.50. The lowest BCUT2D eigenvalue weighted by atomic mass is 9.94. The molecule has 2 nitrogen and oxygen atoms in total. The molecule has 0 radical (unpaired) electrons. The van der Waals surface area contributed by atoms with Gasteiger partial charge in [0.25, 0.3) is 0 Å². The molecule has 0 bridgehead atoms. The Kier molecular flexibility index (Phi) is 5.39. The van der Waals surface area contributed by atoms with E-state index in [0.29, 0.717) is 6.54 Å². The summed E-state index contributed by atoms with van der Waals surface area (Å²) >= 11 is 0. The Labute approximate surface area is 124 Å². The second-order valence-electron chi connectivity index (χ2n) is 4.95. The highest BCUT2D eigenvalue weighted by Gasteiger charge is 2.23. The zero-order valence-electron chi connectivity index (χ0n) is 12.4. The van der Waals surface area contributed by atoms with Crippen molar-refractivity contribution in [2.24, 2.45) is 0 Å². The number of hydrogen-bond acceptors (Lipinski definition) is 2. The van der Waals surface area contributed by atoms with Gasteiger partial charge in [0.05, 0.1) is 6.04 Å². The van der Waals surface area contributed by atoms with Gasteiger partial charge in [0.2, 0.25) is 0 Å². The van der Waals surface area contributed by atoms with E-state index in [-0.39, 0.29) is 5.56 Å². The molecule has 2 rings (SSSR count). The van der Waals surface area contributed by atoms with Crippen LogP contribution in [0.15, 0.2) is 36.7 Å². The minimum atomic E-state index is -0.525. The van der Waals surface area contributed by atoms with Crippen LogP contribution < -0.4 is 5.32 Å². The van der Waals surface area contributed by atoms with Crippen LogP contribution in [0.3, 0.4) is 0 Å². The number of nitrogens with zero attached hydrogens (tertiary/aromatic N) is 1. The monoisotopic (exact) mass is 290 g/mol. The van der Waals surface area contributed by atoms with Crippen LogP contribution in [0, 0.1) is 11.6 Å². The molecule has 0 saturated carbocycles. The number of aryl methyl sites for hydroxylation is 1. The average molecular weight is 290 g/mol. The minimum absolute atomic E-state index is 0.0758. The fourth-order valence-electron chi connectivity index (χ4n) is 2.46. The lowest BCUT2D eigenvalue weighted by molar-refractivity contribution is 0.501. The van der Waals surface area contributed by atoms with Gasteiger partial charge in [0, 0.05) is 18.0 Å². The molecule has 1 heterocycles. The first-order valence-electron chi connectivity index (χ1n) is 7.29. The fraction of sp³-hybridized carbons (Fsp3) is 0.353. The van der Waals surface area contributed by atoms with E-state index in [2.05, 4.69) is 10.3 Å². The molecule has 4 heteroatoms. The second-order valence-corrected chi connectivity index (χ2v) is 4.95. The Morgan fingerprint density at radius 2 is 1.86 bits per heavy atom. The van der Waals surface area contributed by atoms with Crippen LogP contribution in [-0.4, -0.2) is 11.5 Å². The van der Waals surface area contributed by atoms with Crippen molar-refractivity contribution in [1.29, 1.82) is 0 Å². The van der Waals surface area contributed by atoms with Crippen LogP contribution >= 0.6 is 0 Å². The van der Waals surface area contributed by atoms with E-state index >= 15 is 0 Å². The second kappa shape index (κ2) is 7.27. The zero-order chi connectivity index (χ0) is 15.2. The summed E-state index contributed by atoms with van der Waals surface area (Å²) in [5, 5.41) is 3.25. The van der Waals surface area contributed by atoms with Crippen molar-refractivity contribution in [3.63, 3.8) is 0 Å². The van der Waals surface area contributed by atoms with Crippen molar-refractivity contribution in [2.75, 3.05) is 6.54 Å². The van der Waals surface area contributed by atoms with Crippen molar-refractivity contribution in [2.45, 2.75) is 32.7 Å². The van der Waals surface area contributed by atoms with Crippen LogP contribution in [0.5, 0.6) is 0 Å². The van der Waals surface area contributed by atoms with Gasteiger partial charge >= 0.3 is 0 Å². The minimum Gasteiger partial charge on any atom is -0.306 e. The third-order valence-electron chi connectivity index (χ3n) is 3.52. The SMILES string of the molecule is CCCNC(c1ccncc1CC)c1c(F)cccc1F. The normalized spacial score (nSPS) is 12.4. The number of benzene rings is 1. The summed E-state index contributed by atoms with van der Waals surface area (Å²) in [5.41, 5.74) is 1.95. The standard InChI is InChI=1S/C17H20F2N2/c1-3-9-21-17(13-8-10-20-11-12(13)4-2)16-14(18)6-5-7-15(16)19/h5-8,10-11,17,21H,3-4,9H2,1-2H3. The van der Waals surface area contributed by atoms with Crippen LogP contribution in [0.4, 0.5) is 8.78 Å². The number of rotatable bonds is 6. The summed E-state index contributed by atoms with van der Waals surface area (Å²) in [6.07, 6.45) is 5.07. The maximum Gasteiger partial charge on any atom is 0.131 e. The highest BCUT2D eigenvalue weighted by molar-refractivity contribution is 5.37. The zero-order valence-corrected chi connectivity index (χ0v) is 12.4. The molecule has 0 saturated heterocycles. The first kappa shape index (κ1) is 15.6. The van der Waals surface area contributed by atoms with Crippen LogP contribution in [0.2, 0.25) is 0 Å². The Morgan fingerprint density at radius 1 is 1.14 bits per heavy atom. The Balaban J connectivity index is 2.53. The maximum atomic E-state index is 14.2. The molecule has 21 heavy (non-hydrogen) atoms. The third-order valence-corrected chi connectivity index (χ3v) is 3.52. The van der Waals surface area contributed by atoms with Gasteiger partial charge in [-0.15, -0.1) is 0 Å². The predicted octanol–water partition coefficient (Wildman–Crippen LogP) is 4.01. The molecule has 1 atom stereocenters. The fourth-order valence-corrected chi connectivity index (χ4v) is 2.46. The number of aromatic nitrogens is 1. The number of nitrogens with one attached hydrogen (secondary N) is 1. The molecule has 0 fully saturated rings. The molecule has 0 spiro atoms. The summed E-state index contributed by atoms with van der Waals surface area (Å²) in [5.74, 6) is -1.05. The summed E-state index contributed by atoms with van der Waals surface area (Å²) in [6.45, 7) is 4.72. The van der Waals surface area contributed by atoms with E-state index < -0.39 is 17.7 Å². The molecule has 1 aromatic heterocycles. The quantitative estimate of drug-likeness (QED) is 0.869. The van der Waals surface area contributed by atoms with Crippen molar-refractivity contribution >= 4 is 0 Å². The summed E-state index contributed by atoms with van der Waals surface area (Å²) in [4.78, 5) is 4.10. The number of halogens is 2. The summed E-state index contributed by atoms with van der Waals surface area (Å²) < 4.78 is 28.3. The van der Waals surface area contributed by atoms with Gasteiger partial charge in [0.1, 0.15) is 11.6 Å². The first-order chi connectivity index (χ1) is 10.2. The van der Waals surface area contributed by atoms with Gasteiger partial charge in [-0.1, -0.05) is 19.9 Å². The van der Waals surface area contributed by atoms with E-state index in [1.807, 2.05) is 19.9 Å². The van der Waals surface area contributed by atoms with Crippen molar-refractivity contribution in [1.82, 2.24) is 10.3 Å². The molecule has 0 aliphatic carbocycles. The van der Waals surface area contributed by atoms with Crippen molar-refractivity contribution < 1.29 is 8.78 Å². The molecule has 2 aromatic rings. The molecule has 1 unspecified atom stereocenters. The van der Waals surface area contributed by atoms with Crippen molar-refractivity contribution in [3.8, 4) is 0 Å². The molecule has 0 aliphatic rings. The largest absolute Gasteiger partial charge is 0.306 e. The Hall–Kier alpha value is -1.81. The molecule has 0 aliphatic heterocycles. The van der Waals surface area contributed by atoms with Gasteiger partial charge < -0.3 is 5.32 Å². The number of pyridine rings is 1. The van der Waals surface area contributed by atoms with Gasteiger partial charge in [-0.3, -0.25) is 4.98 Å². The summed E-state index contributed by atoms with van der Waals surface area (Å²) in [7, 11) is 0. The third kappa shape index (κ3) is 3.45. The highest BCUT2D eigenvalue weighted by Crippen LogP contribution is 2.29. The van der Waals surface area contributed by atoms with E-state index in [0.717, 1.165) is 24.0 Å².